The summed E-state index contributed by atoms with van der Waals surface area (Å²) in [7, 11) is 0. The third-order valence-corrected chi connectivity index (χ3v) is 2.42. The van der Waals surface area contributed by atoms with Gasteiger partial charge in [-0.1, -0.05) is 13.8 Å². The molecule has 1 aromatic rings. The number of nitrogens with zero attached hydrogens (tertiary/aromatic N) is 1. The van der Waals surface area contributed by atoms with Gasteiger partial charge in [0.2, 0.25) is 0 Å². The summed E-state index contributed by atoms with van der Waals surface area (Å²) >= 11 is 0. The van der Waals surface area contributed by atoms with Crippen LogP contribution in [0.15, 0.2) is 6.20 Å². The van der Waals surface area contributed by atoms with Crippen LogP contribution in [0.3, 0.4) is 0 Å². The molecule has 0 bridgehead atoms. The molecule has 0 spiro atoms. The average molecular weight is 221 g/mol. The normalized spacial score (nSPS) is 13.2. The van der Waals surface area contributed by atoms with Crippen molar-refractivity contribution in [2.24, 2.45) is 5.73 Å². The lowest BCUT2D eigenvalue weighted by Gasteiger charge is -2.24. The molecule has 0 radical (unpaired) electrons. The summed E-state index contributed by atoms with van der Waals surface area (Å²) in [4.78, 5) is 0. The molecule has 0 aliphatic rings. The molecule has 15 heavy (non-hydrogen) atoms. The molecule has 0 saturated carbocycles. The van der Waals surface area contributed by atoms with Crippen LogP contribution in [-0.2, 0) is 11.6 Å². The fraction of sp³-hybridized carbons (Fsp3) is 0.667. The van der Waals surface area contributed by atoms with Gasteiger partial charge in [0.05, 0.1) is 6.20 Å². The minimum atomic E-state index is -4.39. The highest BCUT2D eigenvalue weighted by molar-refractivity contribution is 5.27. The number of hydrogen-bond acceptors (Lipinski definition) is 2. The van der Waals surface area contributed by atoms with Gasteiger partial charge in [-0.3, -0.25) is 5.10 Å². The second-order valence-electron chi connectivity index (χ2n) is 4.08. The Kier molecular flexibility index (Phi) is 3.08. The minimum absolute atomic E-state index is 0.167. The van der Waals surface area contributed by atoms with Crippen LogP contribution in [0, 0.1) is 0 Å². The second kappa shape index (κ2) is 3.84. The third-order valence-electron chi connectivity index (χ3n) is 2.42. The summed E-state index contributed by atoms with van der Waals surface area (Å²) in [6, 6.07) is 0. The van der Waals surface area contributed by atoms with Crippen molar-refractivity contribution in [3.05, 3.63) is 17.5 Å². The van der Waals surface area contributed by atoms with Crippen LogP contribution < -0.4 is 5.73 Å². The molecule has 1 rings (SSSR count). The summed E-state index contributed by atoms with van der Waals surface area (Å²) in [5.41, 5.74) is 4.14. The van der Waals surface area contributed by atoms with Gasteiger partial charge in [-0.2, -0.15) is 18.3 Å². The van der Waals surface area contributed by atoms with Crippen LogP contribution in [0.2, 0.25) is 0 Å². The van der Waals surface area contributed by atoms with E-state index in [1.165, 1.54) is 6.20 Å². The number of rotatable bonds is 3. The largest absolute Gasteiger partial charge is 0.433 e. The van der Waals surface area contributed by atoms with Gasteiger partial charge in [-0.25, -0.2) is 0 Å². The maximum atomic E-state index is 12.5. The molecule has 0 aromatic carbocycles. The Morgan fingerprint density at radius 2 is 2.00 bits per heavy atom. The SMILES string of the molecule is CC(C)(CCN)c1cn[nH]c1C(F)(F)F. The van der Waals surface area contributed by atoms with Gasteiger partial charge in [-0.15, -0.1) is 0 Å². The summed E-state index contributed by atoms with van der Waals surface area (Å²) in [5.74, 6) is 0. The number of alkyl halides is 3. The van der Waals surface area contributed by atoms with Crippen molar-refractivity contribution in [3.8, 4) is 0 Å². The van der Waals surface area contributed by atoms with Crippen molar-refractivity contribution in [1.82, 2.24) is 10.2 Å². The molecule has 6 heteroatoms. The van der Waals surface area contributed by atoms with Gasteiger partial charge in [0.25, 0.3) is 0 Å². The maximum Gasteiger partial charge on any atom is 0.433 e. The van der Waals surface area contributed by atoms with Crippen molar-refractivity contribution in [3.63, 3.8) is 0 Å². The van der Waals surface area contributed by atoms with Crippen LogP contribution in [0.5, 0.6) is 0 Å². The Bertz CT molecular complexity index is 328. The highest BCUT2D eigenvalue weighted by Gasteiger charge is 2.39. The number of nitrogens with two attached hydrogens (primary N) is 1. The lowest BCUT2D eigenvalue weighted by atomic mass is 9.81. The van der Waals surface area contributed by atoms with E-state index in [2.05, 4.69) is 5.10 Å². The lowest BCUT2D eigenvalue weighted by molar-refractivity contribution is -0.142. The number of aromatic amines is 1. The van der Waals surface area contributed by atoms with E-state index in [0.717, 1.165) is 0 Å². The van der Waals surface area contributed by atoms with E-state index in [4.69, 9.17) is 5.73 Å². The Labute approximate surface area is 85.9 Å². The summed E-state index contributed by atoms with van der Waals surface area (Å²) < 4.78 is 37.6. The zero-order chi connectivity index (χ0) is 11.7. The van der Waals surface area contributed by atoms with Crippen LogP contribution in [0.4, 0.5) is 13.2 Å². The number of hydrogen-bond donors (Lipinski definition) is 2. The molecule has 1 aromatic heterocycles. The average Bonchev–Trinajstić information content (AvgIpc) is 2.49. The molecular formula is C9H14F3N3. The predicted octanol–water partition coefficient (Wildman–Crippen LogP) is 2.05. The van der Waals surface area contributed by atoms with Crippen molar-refractivity contribution in [1.29, 1.82) is 0 Å². The fourth-order valence-corrected chi connectivity index (χ4v) is 1.51. The number of nitrogens with one attached hydrogen (secondary N) is 1. The Morgan fingerprint density at radius 3 is 2.47 bits per heavy atom. The molecular weight excluding hydrogens is 207 g/mol. The van der Waals surface area contributed by atoms with E-state index in [0.29, 0.717) is 13.0 Å². The Balaban J connectivity index is 3.10. The van der Waals surface area contributed by atoms with Gasteiger partial charge in [0.15, 0.2) is 0 Å². The molecule has 0 unspecified atom stereocenters. The van der Waals surface area contributed by atoms with E-state index in [-0.39, 0.29) is 5.56 Å². The molecule has 3 nitrogen and oxygen atoms in total. The van der Waals surface area contributed by atoms with Gasteiger partial charge >= 0.3 is 6.18 Å². The van der Waals surface area contributed by atoms with E-state index < -0.39 is 17.3 Å². The Morgan fingerprint density at radius 1 is 1.40 bits per heavy atom. The van der Waals surface area contributed by atoms with Crippen molar-refractivity contribution in [2.75, 3.05) is 6.54 Å². The van der Waals surface area contributed by atoms with Crippen LogP contribution in [0.25, 0.3) is 0 Å². The first-order valence-corrected chi connectivity index (χ1v) is 4.60. The first-order chi connectivity index (χ1) is 6.79. The van der Waals surface area contributed by atoms with Gasteiger partial charge in [0.1, 0.15) is 5.69 Å². The van der Waals surface area contributed by atoms with E-state index in [1.807, 2.05) is 5.10 Å². The third kappa shape index (κ3) is 2.50. The highest BCUT2D eigenvalue weighted by atomic mass is 19.4. The monoisotopic (exact) mass is 221 g/mol. The summed E-state index contributed by atoms with van der Waals surface area (Å²) in [6.07, 6.45) is -2.69. The molecule has 1 heterocycles. The van der Waals surface area contributed by atoms with Crippen LogP contribution >= 0.6 is 0 Å². The van der Waals surface area contributed by atoms with Gasteiger partial charge < -0.3 is 5.73 Å². The second-order valence-corrected chi connectivity index (χ2v) is 4.08. The van der Waals surface area contributed by atoms with E-state index >= 15 is 0 Å². The lowest BCUT2D eigenvalue weighted by Crippen LogP contribution is -2.24. The highest BCUT2D eigenvalue weighted by Crippen LogP contribution is 2.37. The van der Waals surface area contributed by atoms with Gasteiger partial charge in [-0.05, 0) is 18.4 Å². The molecule has 0 amide bonds. The fourth-order valence-electron chi connectivity index (χ4n) is 1.51. The van der Waals surface area contributed by atoms with Crippen LogP contribution in [0.1, 0.15) is 31.5 Å². The van der Waals surface area contributed by atoms with Crippen molar-refractivity contribution < 1.29 is 13.2 Å². The first-order valence-electron chi connectivity index (χ1n) is 4.60. The first kappa shape index (κ1) is 12.0. The van der Waals surface area contributed by atoms with Crippen LogP contribution in [-0.4, -0.2) is 16.7 Å². The topological polar surface area (TPSA) is 54.7 Å². The molecule has 3 N–H and O–H groups in total. The standard InChI is InChI=1S/C9H14F3N3/c1-8(2,3-4-13)6-5-14-15-7(6)9(10,11)12/h5H,3-4,13H2,1-2H3,(H,14,15). The number of H-pyrrole nitrogens is 1. The van der Waals surface area contributed by atoms with Crippen molar-refractivity contribution >= 4 is 0 Å². The van der Waals surface area contributed by atoms with E-state index in [9.17, 15) is 13.2 Å². The zero-order valence-electron chi connectivity index (χ0n) is 8.65. The molecule has 0 aliphatic carbocycles. The molecule has 0 aliphatic heterocycles. The van der Waals surface area contributed by atoms with E-state index in [1.54, 1.807) is 13.8 Å². The molecule has 0 fully saturated rings. The number of halogens is 3. The smallest absolute Gasteiger partial charge is 0.330 e. The summed E-state index contributed by atoms with van der Waals surface area (Å²) in [5, 5.41) is 5.45. The molecule has 0 atom stereocenters. The number of aromatic nitrogens is 2. The Hall–Kier alpha value is -1.04. The predicted molar refractivity (Wildman–Crippen MR) is 50.3 cm³/mol. The minimum Gasteiger partial charge on any atom is -0.330 e. The van der Waals surface area contributed by atoms with Crippen molar-refractivity contribution in [2.45, 2.75) is 31.9 Å². The van der Waals surface area contributed by atoms with Gasteiger partial charge in [0, 0.05) is 5.56 Å². The molecule has 0 saturated heterocycles. The summed E-state index contributed by atoms with van der Waals surface area (Å²) in [6.45, 7) is 3.79. The molecule has 86 valence electrons. The zero-order valence-corrected chi connectivity index (χ0v) is 8.65. The maximum absolute atomic E-state index is 12.5. The quantitative estimate of drug-likeness (QED) is 0.820.